The van der Waals surface area contributed by atoms with Gasteiger partial charge < -0.3 is 10.1 Å². The second-order valence-corrected chi connectivity index (χ2v) is 5.18. The van der Waals surface area contributed by atoms with Gasteiger partial charge in [-0.3, -0.25) is 10.1 Å². The molecular weight excluding hydrogens is 292 g/mol. The molecule has 0 amide bonds. The van der Waals surface area contributed by atoms with E-state index in [1.165, 1.54) is 12.1 Å². The lowest BCUT2D eigenvalue weighted by Crippen LogP contribution is -2.12. The van der Waals surface area contributed by atoms with Crippen molar-refractivity contribution in [3.63, 3.8) is 0 Å². The first-order valence-electron chi connectivity index (χ1n) is 6.63. The molecule has 5 nitrogen and oxygen atoms in total. The lowest BCUT2D eigenvalue weighted by atomic mass is 10.0. The van der Waals surface area contributed by atoms with Crippen molar-refractivity contribution in [2.45, 2.75) is 12.8 Å². The monoisotopic (exact) mass is 304 g/mol. The number of para-hydroxylation sites is 2. The van der Waals surface area contributed by atoms with Crippen LogP contribution in [-0.2, 0) is 6.42 Å². The lowest BCUT2D eigenvalue weighted by molar-refractivity contribution is -0.385. The Morgan fingerprint density at radius 3 is 2.86 bits per heavy atom. The average Bonchev–Trinajstić information content (AvgIpc) is 2.49. The quantitative estimate of drug-likeness (QED) is 0.674. The topological polar surface area (TPSA) is 64.4 Å². The molecule has 0 spiro atoms. The van der Waals surface area contributed by atoms with Gasteiger partial charge in [-0.15, -0.1) is 0 Å². The summed E-state index contributed by atoms with van der Waals surface area (Å²) in [5.41, 5.74) is 1.89. The van der Waals surface area contributed by atoms with Crippen molar-refractivity contribution in [3.8, 4) is 11.5 Å². The molecule has 0 aliphatic carbocycles. The maximum atomic E-state index is 11.1. The summed E-state index contributed by atoms with van der Waals surface area (Å²) in [4.78, 5) is 10.6. The molecule has 0 atom stereocenters. The Hall–Kier alpha value is -2.27. The van der Waals surface area contributed by atoms with Crippen LogP contribution in [0.3, 0.4) is 0 Å². The van der Waals surface area contributed by atoms with Crippen LogP contribution in [-0.4, -0.2) is 11.5 Å². The van der Waals surface area contributed by atoms with E-state index in [-0.39, 0.29) is 16.5 Å². The molecule has 1 aliphatic heterocycles. The number of ether oxygens (including phenoxy) is 1. The molecule has 0 bridgehead atoms. The highest BCUT2D eigenvalue weighted by molar-refractivity contribution is 6.32. The number of nitro benzene ring substituents is 1. The third kappa shape index (κ3) is 2.64. The van der Waals surface area contributed by atoms with Crippen LogP contribution in [0.2, 0.25) is 5.02 Å². The van der Waals surface area contributed by atoms with Gasteiger partial charge in [0, 0.05) is 12.6 Å². The molecule has 1 N–H and O–H groups in total. The maximum absolute atomic E-state index is 11.1. The summed E-state index contributed by atoms with van der Waals surface area (Å²) in [6.07, 6.45) is 2.02. The highest BCUT2D eigenvalue weighted by atomic mass is 35.5. The van der Waals surface area contributed by atoms with Gasteiger partial charge in [-0.1, -0.05) is 29.8 Å². The van der Waals surface area contributed by atoms with Gasteiger partial charge in [-0.05, 0) is 30.5 Å². The molecule has 1 heterocycles. The minimum absolute atomic E-state index is 0.0740. The Kier molecular flexibility index (Phi) is 3.66. The Bertz CT molecular complexity index is 703. The lowest BCUT2D eigenvalue weighted by Gasteiger charge is -2.21. The zero-order valence-electron chi connectivity index (χ0n) is 11.1. The molecule has 0 aromatic heterocycles. The van der Waals surface area contributed by atoms with E-state index in [2.05, 4.69) is 5.32 Å². The molecule has 21 heavy (non-hydrogen) atoms. The van der Waals surface area contributed by atoms with Crippen LogP contribution in [0.1, 0.15) is 12.0 Å². The zero-order chi connectivity index (χ0) is 14.8. The predicted octanol–water partition coefficient (Wildman–Crippen LogP) is 4.40. The van der Waals surface area contributed by atoms with Crippen molar-refractivity contribution in [2.75, 3.05) is 11.9 Å². The van der Waals surface area contributed by atoms with Crippen LogP contribution in [0.25, 0.3) is 0 Å². The molecular formula is C15H13ClN2O3. The van der Waals surface area contributed by atoms with Crippen molar-refractivity contribution in [2.24, 2.45) is 0 Å². The molecule has 0 saturated heterocycles. The first-order valence-corrected chi connectivity index (χ1v) is 7.01. The standard InChI is InChI=1S/C15H13ClN2O3/c16-11-6-2-7-12(18(19)20)15(11)21-13-8-1-4-10-5-3-9-17-14(10)13/h1-2,4,6-8,17H,3,5,9H2. The van der Waals surface area contributed by atoms with Crippen LogP contribution >= 0.6 is 11.6 Å². The summed E-state index contributed by atoms with van der Waals surface area (Å²) >= 11 is 6.06. The minimum Gasteiger partial charge on any atom is -0.446 e. The SMILES string of the molecule is O=[N+]([O-])c1cccc(Cl)c1Oc1cccc2c1NCCC2. The van der Waals surface area contributed by atoms with Crippen LogP contribution in [0, 0.1) is 10.1 Å². The summed E-state index contributed by atoms with van der Waals surface area (Å²) in [5, 5.41) is 14.6. The van der Waals surface area contributed by atoms with Crippen molar-refractivity contribution in [3.05, 3.63) is 57.1 Å². The van der Waals surface area contributed by atoms with E-state index in [0.29, 0.717) is 5.75 Å². The van der Waals surface area contributed by atoms with Gasteiger partial charge in [0.15, 0.2) is 5.75 Å². The summed E-state index contributed by atoms with van der Waals surface area (Å²) in [5.74, 6) is 0.633. The molecule has 6 heteroatoms. The van der Waals surface area contributed by atoms with E-state index in [0.717, 1.165) is 30.6 Å². The predicted molar refractivity (Wildman–Crippen MR) is 81.4 cm³/mol. The van der Waals surface area contributed by atoms with E-state index in [1.807, 2.05) is 12.1 Å². The normalized spacial score (nSPS) is 13.2. The van der Waals surface area contributed by atoms with E-state index >= 15 is 0 Å². The van der Waals surface area contributed by atoms with Crippen molar-refractivity contribution in [1.82, 2.24) is 0 Å². The Morgan fingerprint density at radius 1 is 1.24 bits per heavy atom. The number of anilines is 1. The second-order valence-electron chi connectivity index (χ2n) is 4.77. The van der Waals surface area contributed by atoms with E-state index < -0.39 is 4.92 Å². The highest BCUT2D eigenvalue weighted by Gasteiger charge is 2.21. The molecule has 1 aliphatic rings. The summed E-state index contributed by atoms with van der Waals surface area (Å²) in [6, 6.07) is 10.2. The van der Waals surface area contributed by atoms with E-state index in [9.17, 15) is 10.1 Å². The first kappa shape index (κ1) is 13.7. The van der Waals surface area contributed by atoms with Crippen LogP contribution in [0.4, 0.5) is 11.4 Å². The highest BCUT2D eigenvalue weighted by Crippen LogP contribution is 2.41. The Balaban J connectivity index is 2.04. The largest absolute Gasteiger partial charge is 0.446 e. The average molecular weight is 305 g/mol. The summed E-state index contributed by atoms with van der Waals surface area (Å²) in [6.45, 7) is 0.859. The Labute approximate surface area is 126 Å². The second kappa shape index (κ2) is 5.61. The number of rotatable bonds is 3. The number of aryl methyl sites for hydroxylation is 1. The van der Waals surface area contributed by atoms with Crippen LogP contribution < -0.4 is 10.1 Å². The van der Waals surface area contributed by atoms with Crippen LogP contribution in [0.5, 0.6) is 11.5 Å². The number of nitrogens with zero attached hydrogens (tertiary/aromatic N) is 1. The third-order valence-corrected chi connectivity index (χ3v) is 3.69. The van der Waals surface area contributed by atoms with Gasteiger partial charge in [0.2, 0.25) is 5.75 Å². The number of halogens is 1. The van der Waals surface area contributed by atoms with Crippen molar-refractivity contribution in [1.29, 1.82) is 0 Å². The number of nitro groups is 1. The zero-order valence-corrected chi connectivity index (χ0v) is 11.9. The minimum atomic E-state index is -0.496. The molecule has 0 unspecified atom stereocenters. The van der Waals surface area contributed by atoms with Crippen LogP contribution in [0.15, 0.2) is 36.4 Å². The van der Waals surface area contributed by atoms with Gasteiger partial charge in [0.25, 0.3) is 0 Å². The van der Waals surface area contributed by atoms with Gasteiger partial charge in [-0.2, -0.15) is 0 Å². The third-order valence-electron chi connectivity index (χ3n) is 3.39. The fourth-order valence-electron chi connectivity index (χ4n) is 2.42. The molecule has 0 fully saturated rings. The van der Waals surface area contributed by atoms with Gasteiger partial charge >= 0.3 is 5.69 Å². The van der Waals surface area contributed by atoms with E-state index in [1.54, 1.807) is 12.1 Å². The number of benzene rings is 2. The molecule has 0 saturated carbocycles. The first-order chi connectivity index (χ1) is 10.2. The van der Waals surface area contributed by atoms with Gasteiger partial charge in [0.05, 0.1) is 15.6 Å². The fourth-order valence-corrected chi connectivity index (χ4v) is 2.62. The molecule has 2 aromatic rings. The van der Waals surface area contributed by atoms with Gasteiger partial charge in [0.1, 0.15) is 0 Å². The van der Waals surface area contributed by atoms with Gasteiger partial charge in [-0.25, -0.2) is 0 Å². The number of fused-ring (bicyclic) bond motifs is 1. The molecule has 3 rings (SSSR count). The molecule has 108 valence electrons. The summed E-state index contributed by atoms with van der Waals surface area (Å²) in [7, 11) is 0. The number of hydrogen-bond acceptors (Lipinski definition) is 4. The smallest absolute Gasteiger partial charge is 0.313 e. The molecule has 2 aromatic carbocycles. The Morgan fingerprint density at radius 2 is 2.05 bits per heavy atom. The van der Waals surface area contributed by atoms with Crippen molar-refractivity contribution < 1.29 is 9.66 Å². The van der Waals surface area contributed by atoms with E-state index in [4.69, 9.17) is 16.3 Å². The summed E-state index contributed by atoms with van der Waals surface area (Å²) < 4.78 is 5.76. The van der Waals surface area contributed by atoms with Crippen molar-refractivity contribution >= 4 is 23.0 Å². The number of hydrogen-bond donors (Lipinski definition) is 1. The number of nitrogens with one attached hydrogen (secondary N) is 1. The fraction of sp³-hybridized carbons (Fsp3) is 0.200. The maximum Gasteiger partial charge on any atom is 0.313 e. The molecule has 0 radical (unpaired) electrons.